The van der Waals surface area contributed by atoms with Gasteiger partial charge < -0.3 is 4.74 Å². The van der Waals surface area contributed by atoms with Crippen LogP contribution in [0.25, 0.3) is 11.1 Å². The molecule has 0 saturated carbocycles. The highest BCUT2D eigenvalue weighted by Gasteiger charge is 2.10. The number of nitrogens with one attached hydrogen (secondary N) is 2. The van der Waals surface area contributed by atoms with Gasteiger partial charge in [0.15, 0.2) is 6.61 Å². The van der Waals surface area contributed by atoms with E-state index in [4.69, 9.17) is 4.74 Å². The smallest absolute Gasteiger partial charge is 0.276 e. The maximum atomic E-state index is 12.0. The monoisotopic (exact) mass is 424 g/mol. The van der Waals surface area contributed by atoms with E-state index in [9.17, 15) is 9.59 Å². The Morgan fingerprint density at radius 1 is 0.778 bits per heavy atom. The van der Waals surface area contributed by atoms with Crippen LogP contribution in [-0.2, 0) is 4.79 Å². The topological polar surface area (TPSA) is 67.4 Å². The third-order valence-corrected chi connectivity index (χ3v) is 4.46. The number of ether oxygens (including phenoxy) is 1. The van der Waals surface area contributed by atoms with Gasteiger partial charge >= 0.3 is 0 Å². The maximum absolute atomic E-state index is 12.0. The summed E-state index contributed by atoms with van der Waals surface area (Å²) in [6.07, 6.45) is 0. The fraction of sp³-hybridized carbons (Fsp3) is 0.0476. The van der Waals surface area contributed by atoms with Gasteiger partial charge in [-0.05, 0) is 51.3 Å². The van der Waals surface area contributed by atoms with Crippen LogP contribution in [-0.4, -0.2) is 18.4 Å². The highest BCUT2D eigenvalue weighted by atomic mass is 79.9. The van der Waals surface area contributed by atoms with Crippen LogP contribution in [0.3, 0.4) is 0 Å². The molecule has 0 aliphatic rings. The molecule has 0 atom stereocenters. The fourth-order valence-corrected chi connectivity index (χ4v) is 2.86. The molecule has 6 heteroatoms. The minimum atomic E-state index is -0.456. The summed E-state index contributed by atoms with van der Waals surface area (Å²) in [5, 5.41) is 0. The Hall–Kier alpha value is -3.12. The van der Waals surface area contributed by atoms with Crippen molar-refractivity contribution in [3.8, 4) is 16.9 Å². The zero-order chi connectivity index (χ0) is 19.1. The van der Waals surface area contributed by atoms with Crippen LogP contribution in [0.15, 0.2) is 83.3 Å². The van der Waals surface area contributed by atoms with Crippen LogP contribution in [0, 0.1) is 0 Å². The lowest BCUT2D eigenvalue weighted by molar-refractivity contribution is -0.123. The zero-order valence-corrected chi connectivity index (χ0v) is 15.9. The average Bonchev–Trinajstić information content (AvgIpc) is 2.72. The predicted octanol–water partition coefficient (Wildman–Crippen LogP) is 3.96. The molecule has 2 N–H and O–H groups in total. The van der Waals surface area contributed by atoms with Gasteiger partial charge in [0.05, 0.1) is 5.56 Å². The van der Waals surface area contributed by atoms with Crippen molar-refractivity contribution in [2.24, 2.45) is 0 Å². The molecule has 0 aliphatic carbocycles. The average molecular weight is 425 g/mol. The second-order valence-corrected chi connectivity index (χ2v) is 6.52. The number of hydrogen-bond donors (Lipinski definition) is 2. The molecule has 0 spiro atoms. The predicted molar refractivity (Wildman–Crippen MR) is 107 cm³/mol. The summed E-state index contributed by atoms with van der Waals surface area (Å²) in [6.45, 7) is -0.207. The lowest BCUT2D eigenvalue weighted by atomic mass is 10.1. The van der Waals surface area contributed by atoms with E-state index in [0.29, 0.717) is 15.8 Å². The van der Waals surface area contributed by atoms with E-state index in [1.165, 1.54) is 0 Å². The summed E-state index contributed by atoms with van der Waals surface area (Å²) < 4.78 is 6.09. The van der Waals surface area contributed by atoms with Gasteiger partial charge in [0, 0.05) is 4.47 Å². The minimum Gasteiger partial charge on any atom is -0.484 e. The van der Waals surface area contributed by atoms with Crippen LogP contribution in [0.4, 0.5) is 0 Å². The molecule has 0 saturated heterocycles. The van der Waals surface area contributed by atoms with E-state index in [1.54, 1.807) is 36.4 Å². The Morgan fingerprint density at radius 3 is 2.11 bits per heavy atom. The van der Waals surface area contributed by atoms with Crippen molar-refractivity contribution < 1.29 is 14.3 Å². The van der Waals surface area contributed by atoms with E-state index in [2.05, 4.69) is 26.8 Å². The summed E-state index contributed by atoms with van der Waals surface area (Å²) in [4.78, 5) is 23.9. The number of amides is 2. The SMILES string of the molecule is O=C(COc1ccc(-c2ccccc2)cc1)NNC(=O)c1ccccc1Br. The second-order valence-electron chi connectivity index (χ2n) is 5.66. The van der Waals surface area contributed by atoms with Crippen molar-refractivity contribution in [2.45, 2.75) is 0 Å². The highest BCUT2D eigenvalue weighted by molar-refractivity contribution is 9.10. The number of benzene rings is 3. The van der Waals surface area contributed by atoms with Gasteiger partial charge in [0.2, 0.25) is 0 Å². The van der Waals surface area contributed by atoms with Crippen molar-refractivity contribution in [2.75, 3.05) is 6.61 Å². The first-order valence-corrected chi connectivity index (χ1v) is 9.05. The van der Waals surface area contributed by atoms with Gasteiger partial charge in [0.1, 0.15) is 5.75 Å². The number of hydrazine groups is 1. The van der Waals surface area contributed by atoms with E-state index in [1.807, 2.05) is 42.5 Å². The van der Waals surface area contributed by atoms with Gasteiger partial charge in [-0.2, -0.15) is 0 Å². The van der Waals surface area contributed by atoms with Crippen LogP contribution >= 0.6 is 15.9 Å². The van der Waals surface area contributed by atoms with Crippen molar-refractivity contribution in [1.82, 2.24) is 10.9 Å². The van der Waals surface area contributed by atoms with Crippen LogP contribution in [0.1, 0.15) is 10.4 Å². The first-order chi connectivity index (χ1) is 13.1. The standard InChI is InChI=1S/C21H17BrN2O3/c22-19-9-5-4-8-18(19)21(26)24-23-20(25)14-27-17-12-10-16(11-13-17)15-6-2-1-3-7-15/h1-13H,14H2,(H,23,25)(H,24,26). The van der Waals surface area contributed by atoms with E-state index in [0.717, 1.165) is 11.1 Å². The Labute approximate surface area is 165 Å². The lowest BCUT2D eigenvalue weighted by Crippen LogP contribution is -2.43. The quantitative estimate of drug-likeness (QED) is 0.609. The van der Waals surface area contributed by atoms with Gasteiger partial charge in [-0.25, -0.2) is 0 Å². The zero-order valence-electron chi connectivity index (χ0n) is 14.3. The Kier molecular flexibility index (Phi) is 6.22. The Bertz CT molecular complexity index is 928. The largest absolute Gasteiger partial charge is 0.484 e. The summed E-state index contributed by atoms with van der Waals surface area (Å²) in [6, 6.07) is 24.4. The molecule has 3 aromatic rings. The van der Waals surface area contributed by atoms with E-state index >= 15 is 0 Å². The summed E-state index contributed by atoms with van der Waals surface area (Å²) >= 11 is 3.29. The third kappa shape index (κ3) is 5.18. The first kappa shape index (κ1) is 18.7. The molecule has 0 heterocycles. The van der Waals surface area contributed by atoms with Crippen LogP contribution in [0.5, 0.6) is 5.75 Å². The molecule has 0 aliphatic heterocycles. The first-order valence-electron chi connectivity index (χ1n) is 8.25. The minimum absolute atomic E-state index is 0.207. The Morgan fingerprint density at radius 2 is 1.41 bits per heavy atom. The molecule has 0 fully saturated rings. The summed E-state index contributed by atoms with van der Waals surface area (Å²) in [5.74, 6) is -0.299. The number of carbonyl (C=O) groups is 2. The molecule has 0 bridgehead atoms. The van der Waals surface area contributed by atoms with Gasteiger partial charge in [-0.3, -0.25) is 20.4 Å². The fourth-order valence-electron chi connectivity index (χ4n) is 2.40. The van der Waals surface area contributed by atoms with Gasteiger partial charge in [-0.1, -0.05) is 54.6 Å². The maximum Gasteiger partial charge on any atom is 0.276 e. The third-order valence-electron chi connectivity index (χ3n) is 3.77. The molecular weight excluding hydrogens is 408 g/mol. The molecular formula is C21H17BrN2O3. The molecule has 0 radical (unpaired) electrons. The van der Waals surface area contributed by atoms with Crippen molar-refractivity contribution in [1.29, 1.82) is 0 Å². The van der Waals surface area contributed by atoms with E-state index in [-0.39, 0.29) is 6.61 Å². The number of hydrogen-bond acceptors (Lipinski definition) is 3. The molecule has 0 unspecified atom stereocenters. The molecule has 3 aromatic carbocycles. The normalized spacial score (nSPS) is 10.1. The van der Waals surface area contributed by atoms with Crippen LogP contribution in [0.2, 0.25) is 0 Å². The van der Waals surface area contributed by atoms with Crippen LogP contribution < -0.4 is 15.6 Å². The van der Waals surface area contributed by atoms with Crippen molar-refractivity contribution >= 4 is 27.7 Å². The second kappa shape index (κ2) is 9.00. The molecule has 5 nitrogen and oxygen atoms in total. The van der Waals surface area contributed by atoms with E-state index < -0.39 is 11.8 Å². The molecule has 2 amide bonds. The molecule has 136 valence electrons. The number of carbonyl (C=O) groups excluding carboxylic acids is 2. The molecule has 3 rings (SSSR count). The van der Waals surface area contributed by atoms with Gasteiger partial charge in [0.25, 0.3) is 11.8 Å². The molecule has 0 aromatic heterocycles. The highest BCUT2D eigenvalue weighted by Crippen LogP contribution is 2.22. The lowest BCUT2D eigenvalue weighted by Gasteiger charge is -2.10. The summed E-state index contributed by atoms with van der Waals surface area (Å²) in [5.41, 5.74) is 7.29. The molecule has 27 heavy (non-hydrogen) atoms. The number of rotatable bonds is 5. The summed E-state index contributed by atoms with van der Waals surface area (Å²) in [7, 11) is 0. The Balaban J connectivity index is 1.48. The number of halogens is 1. The van der Waals surface area contributed by atoms with Crippen molar-refractivity contribution in [3.63, 3.8) is 0 Å². The van der Waals surface area contributed by atoms with Gasteiger partial charge in [-0.15, -0.1) is 0 Å². The van der Waals surface area contributed by atoms with Crippen molar-refractivity contribution in [3.05, 3.63) is 88.9 Å².